The zero-order chi connectivity index (χ0) is 20.3. The molecule has 1 unspecified atom stereocenters. The first-order valence-corrected chi connectivity index (χ1v) is 9.47. The third-order valence-corrected chi connectivity index (χ3v) is 5.12. The SMILES string of the molecule is CC(C)[C@@H](CO)NC(=O)CC1NC(=O)N(CCc2c[nH]c3ccccc23)C1=O. The summed E-state index contributed by atoms with van der Waals surface area (Å²) < 4.78 is 0. The standard InChI is InChI=1S/C20H26N4O4/c1-12(2)17(11-25)22-18(26)9-16-19(27)24(20(28)23-16)8-7-13-10-21-15-6-4-3-5-14(13)15/h3-6,10,12,16-17,21,25H,7-9,11H2,1-2H3,(H,22,26)(H,23,28)/t16?,17-/m1/s1. The molecule has 3 rings (SSSR count). The van der Waals surface area contributed by atoms with Crippen LogP contribution in [0.1, 0.15) is 25.8 Å². The molecule has 28 heavy (non-hydrogen) atoms. The molecular formula is C20H26N4O4. The van der Waals surface area contributed by atoms with E-state index in [0.29, 0.717) is 6.42 Å². The number of nitrogens with zero attached hydrogens (tertiary/aromatic N) is 1. The third kappa shape index (κ3) is 4.17. The van der Waals surface area contributed by atoms with E-state index in [1.807, 2.05) is 44.3 Å². The van der Waals surface area contributed by atoms with Crippen LogP contribution in [-0.2, 0) is 16.0 Å². The van der Waals surface area contributed by atoms with Gasteiger partial charge in [-0.05, 0) is 24.0 Å². The van der Waals surface area contributed by atoms with E-state index in [9.17, 15) is 19.5 Å². The highest BCUT2D eigenvalue weighted by molar-refractivity contribution is 6.05. The number of fused-ring (bicyclic) bond motifs is 1. The Morgan fingerprint density at radius 1 is 1.29 bits per heavy atom. The summed E-state index contributed by atoms with van der Waals surface area (Å²) in [7, 11) is 0. The van der Waals surface area contributed by atoms with Crippen LogP contribution in [-0.4, -0.2) is 58.1 Å². The number of carbonyl (C=O) groups is 3. The average molecular weight is 386 g/mol. The lowest BCUT2D eigenvalue weighted by atomic mass is 10.0. The summed E-state index contributed by atoms with van der Waals surface area (Å²) in [6.45, 7) is 3.84. The molecular weight excluding hydrogens is 360 g/mol. The molecule has 150 valence electrons. The predicted octanol–water partition coefficient (Wildman–Crippen LogP) is 1.15. The Hall–Kier alpha value is -2.87. The maximum absolute atomic E-state index is 12.6. The topological polar surface area (TPSA) is 115 Å². The molecule has 0 radical (unpaired) electrons. The summed E-state index contributed by atoms with van der Waals surface area (Å²) in [5.74, 6) is -0.703. The number of nitrogens with one attached hydrogen (secondary N) is 3. The van der Waals surface area contributed by atoms with Gasteiger partial charge in [-0.15, -0.1) is 0 Å². The van der Waals surface area contributed by atoms with Crippen LogP contribution in [0.25, 0.3) is 10.9 Å². The molecule has 0 spiro atoms. The van der Waals surface area contributed by atoms with Crippen LogP contribution in [0.2, 0.25) is 0 Å². The van der Waals surface area contributed by atoms with Crippen molar-refractivity contribution in [1.29, 1.82) is 0 Å². The lowest BCUT2D eigenvalue weighted by Gasteiger charge is -2.20. The lowest BCUT2D eigenvalue weighted by molar-refractivity contribution is -0.131. The third-order valence-electron chi connectivity index (χ3n) is 5.12. The highest BCUT2D eigenvalue weighted by Crippen LogP contribution is 2.19. The summed E-state index contributed by atoms with van der Waals surface area (Å²) in [5, 5.41) is 15.7. The number of carbonyl (C=O) groups excluding carboxylic acids is 3. The average Bonchev–Trinajstić information content (AvgIpc) is 3.19. The minimum Gasteiger partial charge on any atom is -0.394 e. The Labute approximate surface area is 163 Å². The molecule has 4 N–H and O–H groups in total. The number of hydrogen-bond acceptors (Lipinski definition) is 4. The number of hydrogen-bond donors (Lipinski definition) is 4. The Balaban J connectivity index is 1.58. The zero-order valence-corrected chi connectivity index (χ0v) is 16.1. The minimum atomic E-state index is -0.873. The first-order valence-electron chi connectivity index (χ1n) is 9.47. The van der Waals surface area contributed by atoms with Gasteiger partial charge in [0.25, 0.3) is 5.91 Å². The second-order valence-corrected chi connectivity index (χ2v) is 7.41. The predicted molar refractivity (Wildman–Crippen MR) is 105 cm³/mol. The number of aromatic amines is 1. The maximum Gasteiger partial charge on any atom is 0.324 e. The van der Waals surface area contributed by atoms with Gasteiger partial charge in [0.1, 0.15) is 6.04 Å². The molecule has 2 atom stereocenters. The van der Waals surface area contributed by atoms with Crippen molar-refractivity contribution in [3.05, 3.63) is 36.0 Å². The van der Waals surface area contributed by atoms with Gasteiger partial charge in [-0.2, -0.15) is 0 Å². The number of aliphatic hydroxyl groups excluding tert-OH is 1. The molecule has 1 aliphatic rings. The van der Waals surface area contributed by atoms with E-state index in [0.717, 1.165) is 21.4 Å². The summed E-state index contributed by atoms with van der Waals surface area (Å²) in [6, 6.07) is 6.12. The smallest absolute Gasteiger partial charge is 0.324 e. The summed E-state index contributed by atoms with van der Waals surface area (Å²) >= 11 is 0. The number of benzene rings is 1. The second-order valence-electron chi connectivity index (χ2n) is 7.41. The van der Waals surface area contributed by atoms with Crippen molar-refractivity contribution in [3.8, 4) is 0 Å². The van der Waals surface area contributed by atoms with E-state index in [1.54, 1.807) is 0 Å². The van der Waals surface area contributed by atoms with Crippen LogP contribution >= 0.6 is 0 Å². The monoisotopic (exact) mass is 386 g/mol. The molecule has 1 saturated heterocycles. The van der Waals surface area contributed by atoms with Crippen LogP contribution < -0.4 is 10.6 Å². The molecule has 1 aromatic heterocycles. The molecule has 0 aliphatic carbocycles. The van der Waals surface area contributed by atoms with E-state index in [4.69, 9.17) is 0 Å². The number of rotatable bonds is 8. The minimum absolute atomic E-state index is 0.0653. The molecule has 2 heterocycles. The molecule has 1 aromatic carbocycles. The van der Waals surface area contributed by atoms with Crippen LogP contribution in [0.3, 0.4) is 0 Å². The van der Waals surface area contributed by atoms with Crippen LogP contribution in [0.4, 0.5) is 4.79 Å². The molecule has 0 saturated carbocycles. The molecule has 1 fully saturated rings. The second kappa shape index (κ2) is 8.43. The molecule has 8 heteroatoms. The van der Waals surface area contributed by atoms with Crippen molar-refractivity contribution in [1.82, 2.24) is 20.5 Å². The van der Waals surface area contributed by atoms with E-state index in [2.05, 4.69) is 15.6 Å². The van der Waals surface area contributed by atoms with E-state index < -0.39 is 18.0 Å². The van der Waals surface area contributed by atoms with Crippen molar-refractivity contribution in [3.63, 3.8) is 0 Å². The Morgan fingerprint density at radius 3 is 2.75 bits per heavy atom. The number of amides is 4. The highest BCUT2D eigenvalue weighted by atomic mass is 16.3. The molecule has 1 aliphatic heterocycles. The van der Waals surface area contributed by atoms with Crippen LogP contribution in [0, 0.1) is 5.92 Å². The number of aromatic nitrogens is 1. The molecule has 4 amide bonds. The van der Waals surface area contributed by atoms with Crippen molar-refractivity contribution in [2.24, 2.45) is 5.92 Å². The first kappa shape index (κ1) is 19.9. The Morgan fingerprint density at radius 2 is 2.04 bits per heavy atom. The van der Waals surface area contributed by atoms with Crippen molar-refractivity contribution in [2.45, 2.75) is 38.8 Å². The van der Waals surface area contributed by atoms with Gasteiger partial charge in [0.2, 0.25) is 5.91 Å². The van der Waals surface area contributed by atoms with Gasteiger partial charge in [-0.25, -0.2) is 4.79 Å². The van der Waals surface area contributed by atoms with E-state index in [-0.39, 0.29) is 37.4 Å². The van der Waals surface area contributed by atoms with Gasteiger partial charge in [-0.3, -0.25) is 14.5 Å². The lowest BCUT2D eigenvalue weighted by Crippen LogP contribution is -2.44. The van der Waals surface area contributed by atoms with Crippen LogP contribution in [0.15, 0.2) is 30.5 Å². The fourth-order valence-electron chi connectivity index (χ4n) is 3.37. The molecule has 2 aromatic rings. The number of aliphatic hydroxyl groups is 1. The zero-order valence-electron chi connectivity index (χ0n) is 16.1. The summed E-state index contributed by atoms with van der Waals surface area (Å²) in [4.78, 5) is 41.3. The fraction of sp³-hybridized carbons (Fsp3) is 0.450. The summed E-state index contributed by atoms with van der Waals surface area (Å²) in [6.07, 6.45) is 2.27. The first-order chi connectivity index (χ1) is 13.4. The van der Waals surface area contributed by atoms with Gasteiger partial charge < -0.3 is 20.7 Å². The van der Waals surface area contributed by atoms with Gasteiger partial charge >= 0.3 is 6.03 Å². The van der Waals surface area contributed by atoms with Gasteiger partial charge in [0.05, 0.1) is 19.1 Å². The number of imide groups is 1. The number of H-pyrrole nitrogens is 1. The normalized spacial score (nSPS) is 18.0. The quantitative estimate of drug-likeness (QED) is 0.510. The Bertz CT molecular complexity index is 876. The molecule has 0 bridgehead atoms. The van der Waals surface area contributed by atoms with E-state index in [1.165, 1.54) is 0 Å². The van der Waals surface area contributed by atoms with Crippen LogP contribution in [0.5, 0.6) is 0 Å². The van der Waals surface area contributed by atoms with Gasteiger partial charge in [0.15, 0.2) is 0 Å². The number of urea groups is 1. The van der Waals surface area contributed by atoms with Gasteiger partial charge in [0, 0.05) is 23.6 Å². The largest absolute Gasteiger partial charge is 0.394 e. The van der Waals surface area contributed by atoms with Crippen molar-refractivity contribution in [2.75, 3.05) is 13.2 Å². The van der Waals surface area contributed by atoms with Crippen molar-refractivity contribution >= 4 is 28.7 Å². The fourth-order valence-corrected chi connectivity index (χ4v) is 3.37. The summed E-state index contributed by atoms with van der Waals surface area (Å²) in [5.41, 5.74) is 2.04. The Kier molecular flexibility index (Phi) is 5.99. The van der Waals surface area contributed by atoms with Crippen molar-refractivity contribution < 1.29 is 19.5 Å². The maximum atomic E-state index is 12.6. The van der Waals surface area contributed by atoms with E-state index >= 15 is 0 Å². The highest BCUT2D eigenvalue weighted by Gasteiger charge is 2.39. The number of para-hydroxylation sites is 1. The van der Waals surface area contributed by atoms with Gasteiger partial charge in [-0.1, -0.05) is 32.0 Å². The molecule has 8 nitrogen and oxygen atoms in total.